The highest BCUT2D eigenvalue weighted by atomic mass is 32.2. The van der Waals surface area contributed by atoms with Crippen LogP contribution in [-0.4, -0.2) is 34.6 Å². The van der Waals surface area contributed by atoms with Crippen molar-refractivity contribution in [2.24, 2.45) is 5.92 Å². The van der Waals surface area contributed by atoms with Gasteiger partial charge in [0.1, 0.15) is 12.4 Å². The predicted molar refractivity (Wildman–Crippen MR) is 114 cm³/mol. The molecule has 164 valence electrons. The van der Waals surface area contributed by atoms with Gasteiger partial charge in [-0.3, -0.25) is 9.87 Å². The summed E-state index contributed by atoms with van der Waals surface area (Å²) >= 11 is 0. The number of nitrogens with one attached hydrogen (secondary N) is 1. The smallest absolute Gasteiger partial charge is 0.413 e. The first-order chi connectivity index (χ1) is 14.0. The number of benzene rings is 1. The second kappa shape index (κ2) is 8.77. The van der Waals surface area contributed by atoms with E-state index in [1.165, 1.54) is 0 Å². The zero-order valence-electron chi connectivity index (χ0n) is 17.5. The molecular weight excluding hydrogens is 406 g/mol. The van der Waals surface area contributed by atoms with Gasteiger partial charge in [0.05, 0.1) is 17.0 Å². The molecule has 2 atom stereocenters. The summed E-state index contributed by atoms with van der Waals surface area (Å²) in [6.45, 7) is 6.13. The molecule has 1 aromatic carbocycles. The van der Waals surface area contributed by atoms with E-state index >= 15 is 0 Å². The number of hydrogen-bond acceptors (Lipinski definition) is 5. The fraction of sp³-hybridized carbons (Fsp3) is 0.524. The molecule has 1 aromatic heterocycles. The van der Waals surface area contributed by atoms with Crippen LogP contribution in [0.4, 0.5) is 10.6 Å². The summed E-state index contributed by atoms with van der Waals surface area (Å²) in [5.41, 5.74) is 1.34. The molecule has 1 aliphatic rings. The highest BCUT2D eigenvalue weighted by molar-refractivity contribution is 7.85. The van der Waals surface area contributed by atoms with Crippen LogP contribution in [0.3, 0.4) is 0 Å². The molecule has 0 unspecified atom stereocenters. The number of amides is 1. The number of aromatic nitrogens is 2. The average Bonchev–Trinajstić information content (AvgIpc) is 3.26. The SMILES string of the molecule is CC(C)(C)n1nc([C@H]2CC[C@H](CS(=O)(=O)O)C2)cc1NC(=O)OCc1ccccc1. The molecule has 0 bridgehead atoms. The number of carbonyl (C=O) groups is 1. The lowest BCUT2D eigenvalue weighted by molar-refractivity contribution is 0.154. The van der Waals surface area contributed by atoms with Crippen molar-refractivity contribution in [1.82, 2.24) is 9.78 Å². The molecule has 2 N–H and O–H groups in total. The Balaban J connectivity index is 1.70. The van der Waals surface area contributed by atoms with Crippen LogP contribution in [0.15, 0.2) is 36.4 Å². The van der Waals surface area contributed by atoms with E-state index in [2.05, 4.69) is 5.32 Å². The number of anilines is 1. The minimum absolute atomic E-state index is 0.0845. The molecule has 8 nitrogen and oxygen atoms in total. The minimum Gasteiger partial charge on any atom is -0.444 e. The molecule has 2 aromatic rings. The van der Waals surface area contributed by atoms with E-state index in [1.807, 2.05) is 57.2 Å². The van der Waals surface area contributed by atoms with Crippen molar-refractivity contribution in [2.75, 3.05) is 11.1 Å². The quantitative estimate of drug-likeness (QED) is 0.659. The summed E-state index contributed by atoms with van der Waals surface area (Å²) in [5.74, 6) is 0.312. The van der Waals surface area contributed by atoms with Gasteiger partial charge >= 0.3 is 6.09 Å². The Kier molecular flexibility index (Phi) is 6.52. The largest absolute Gasteiger partial charge is 0.444 e. The number of rotatable bonds is 6. The number of carbonyl (C=O) groups excluding carboxylic acids is 1. The summed E-state index contributed by atoms with van der Waals surface area (Å²) in [4.78, 5) is 12.3. The van der Waals surface area contributed by atoms with Crippen molar-refractivity contribution in [1.29, 1.82) is 0 Å². The maximum absolute atomic E-state index is 12.3. The van der Waals surface area contributed by atoms with E-state index in [9.17, 15) is 13.2 Å². The van der Waals surface area contributed by atoms with Crippen molar-refractivity contribution in [3.63, 3.8) is 0 Å². The van der Waals surface area contributed by atoms with Gasteiger partial charge < -0.3 is 4.74 Å². The van der Waals surface area contributed by atoms with E-state index < -0.39 is 16.2 Å². The van der Waals surface area contributed by atoms with Crippen molar-refractivity contribution < 1.29 is 22.5 Å². The molecule has 1 aliphatic carbocycles. The lowest BCUT2D eigenvalue weighted by Crippen LogP contribution is -2.27. The van der Waals surface area contributed by atoms with Crippen LogP contribution in [0.25, 0.3) is 0 Å². The van der Waals surface area contributed by atoms with Crippen LogP contribution in [0.1, 0.15) is 57.2 Å². The zero-order chi connectivity index (χ0) is 21.9. The summed E-state index contributed by atoms with van der Waals surface area (Å²) in [6, 6.07) is 11.3. The van der Waals surface area contributed by atoms with Gasteiger partial charge in [0.2, 0.25) is 0 Å². The summed E-state index contributed by atoms with van der Waals surface area (Å²) < 4.78 is 38.5. The molecule has 30 heavy (non-hydrogen) atoms. The van der Waals surface area contributed by atoms with E-state index in [0.717, 1.165) is 17.7 Å². The maximum Gasteiger partial charge on any atom is 0.413 e. The molecule has 1 heterocycles. The van der Waals surface area contributed by atoms with Crippen molar-refractivity contribution in [3.8, 4) is 0 Å². The highest BCUT2D eigenvalue weighted by Crippen LogP contribution is 2.39. The molecule has 9 heteroatoms. The van der Waals surface area contributed by atoms with Crippen LogP contribution in [0, 0.1) is 5.92 Å². The molecule has 0 aliphatic heterocycles. The first kappa shape index (κ1) is 22.3. The normalized spacial score (nSPS) is 19.6. The topological polar surface area (TPSA) is 111 Å². The Morgan fingerprint density at radius 1 is 1.27 bits per heavy atom. The van der Waals surface area contributed by atoms with Gasteiger partial charge in [-0.05, 0) is 51.5 Å². The number of nitrogens with zero attached hydrogens (tertiary/aromatic N) is 2. The number of ether oxygens (including phenoxy) is 1. The Morgan fingerprint density at radius 2 is 1.97 bits per heavy atom. The lowest BCUT2D eigenvalue weighted by atomic mass is 10.0. The van der Waals surface area contributed by atoms with Gasteiger partial charge in [-0.25, -0.2) is 9.48 Å². The summed E-state index contributed by atoms with van der Waals surface area (Å²) in [6.07, 6.45) is 1.58. The van der Waals surface area contributed by atoms with Gasteiger partial charge in [-0.15, -0.1) is 0 Å². The Bertz CT molecular complexity index is 980. The Labute approximate surface area is 177 Å². The van der Waals surface area contributed by atoms with Gasteiger partial charge in [0.25, 0.3) is 10.1 Å². The van der Waals surface area contributed by atoms with E-state index in [1.54, 1.807) is 4.68 Å². The second-order valence-corrected chi connectivity index (χ2v) is 10.3. The van der Waals surface area contributed by atoms with Crippen LogP contribution in [0.2, 0.25) is 0 Å². The van der Waals surface area contributed by atoms with Gasteiger partial charge in [-0.2, -0.15) is 13.5 Å². The second-order valence-electron chi connectivity index (χ2n) is 8.85. The molecule has 0 saturated heterocycles. The van der Waals surface area contributed by atoms with Gasteiger partial charge in [0.15, 0.2) is 0 Å². The van der Waals surface area contributed by atoms with E-state index in [0.29, 0.717) is 18.7 Å². The third kappa shape index (κ3) is 6.06. The molecule has 0 spiro atoms. The molecule has 1 saturated carbocycles. The van der Waals surface area contributed by atoms with E-state index in [4.69, 9.17) is 14.4 Å². The fourth-order valence-corrected chi connectivity index (χ4v) is 4.75. The van der Waals surface area contributed by atoms with Crippen LogP contribution in [0.5, 0.6) is 0 Å². The fourth-order valence-electron chi connectivity index (χ4n) is 3.86. The average molecular weight is 436 g/mol. The van der Waals surface area contributed by atoms with Crippen LogP contribution in [-0.2, 0) is 27.0 Å². The lowest BCUT2D eigenvalue weighted by Gasteiger charge is -2.22. The molecule has 0 radical (unpaired) electrons. The summed E-state index contributed by atoms with van der Waals surface area (Å²) in [7, 11) is -3.98. The first-order valence-electron chi connectivity index (χ1n) is 10.0. The standard InChI is InChI=1S/C21H29N3O5S/c1-21(2,3)24-19(22-20(25)29-13-15-7-5-4-6-8-15)12-18(23-24)17-10-9-16(11-17)14-30(26,27)28/h4-8,12,16-17H,9-11,13-14H2,1-3H3,(H,22,25)(H,26,27,28)/t16-,17-/m0/s1. The van der Waals surface area contributed by atoms with Crippen molar-refractivity contribution >= 4 is 22.0 Å². The minimum atomic E-state index is -3.98. The molecule has 1 fully saturated rings. The Hall–Kier alpha value is -2.39. The third-order valence-electron chi connectivity index (χ3n) is 5.21. The van der Waals surface area contributed by atoms with Crippen molar-refractivity contribution in [2.45, 2.75) is 58.1 Å². The van der Waals surface area contributed by atoms with Crippen LogP contribution < -0.4 is 5.32 Å². The first-order valence-corrected chi connectivity index (χ1v) is 11.7. The molecule has 3 rings (SSSR count). The monoisotopic (exact) mass is 435 g/mol. The Morgan fingerprint density at radius 3 is 2.60 bits per heavy atom. The van der Waals surface area contributed by atoms with Crippen LogP contribution >= 0.6 is 0 Å². The summed E-state index contributed by atoms with van der Waals surface area (Å²) in [5, 5.41) is 7.48. The van der Waals surface area contributed by atoms with Gasteiger partial charge in [-0.1, -0.05) is 30.3 Å². The van der Waals surface area contributed by atoms with Gasteiger partial charge in [0, 0.05) is 12.0 Å². The predicted octanol–water partition coefficient (Wildman–Crippen LogP) is 4.16. The number of hydrogen-bond donors (Lipinski definition) is 2. The zero-order valence-corrected chi connectivity index (χ0v) is 18.4. The highest BCUT2D eigenvalue weighted by Gasteiger charge is 2.32. The molecule has 1 amide bonds. The van der Waals surface area contributed by atoms with Crippen molar-refractivity contribution in [3.05, 3.63) is 47.7 Å². The van der Waals surface area contributed by atoms with E-state index in [-0.39, 0.29) is 29.7 Å². The third-order valence-corrected chi connectivity index (χ3v) is 6.11. The molecular formula is C21H29N3O5S. The maximum atomic E-state index is 12.3.